The van der Waals surface area contributed by atoms with E-state index in [1.54, 1.807) is 12.4 Å². The van der Waals surface area contributed by atoms with E-state index in [1.807, 2.05) is 31.1 Å². The zero-order valence-electron chi connectivity index (χ0n) is 21.8. The minimum atomic E-state index is -0.956. The number of aliphatic hydroxyl groups is 2. The topological polar surface area (TPSA) is 94.9 Å². The summed E-state index contributed by atoms with van der Waals surface area (Å²) < 4.78 is 7.19. The highest BCUT2D eigenvalue weighted by Crippen LogP contribution is 2.70. The summed E-state index contributed by atoms with van der Waals surface area (Å²) in [5.41, 5.74) is 1.52. The van der Waals surface area contributed by atoms with Gasteiger partial charge in [0, 0.05) is 29.1 Å². The van der Waals surface area contributed by atoms with Crippen molar-refractivity contribution in [3.05, 3.63) is 59.5 Å². The van der Waals surface area contributed by atoms with Crippen LogP contribution in [0.3, 0.4) is 0 Å². The summed E-state index contributed by atoms with van der Waals surface area (Å²) in [6.07, 6.45) is 11.1. The summed E-state index contributed by atoms with van der Waals surface area (Å²) in [6.45, 7) is 6.61. The first-order valence-electron chi connectivity index (χ1n) is 13.1. The molecule has 1 saturated heterocycles. The second-order valence-electron chi connectivity index (χ2n) is 12.4. The Hall–Kier alpha value is -2.32. The Bertz CT molecular complexity index is 1200. The highest BCUT2D eigenvalue weighted by atomic mass is 16.5. The van der Waals surface area contributed by atoms with Crippen LogP contribution in [0.2, 0.25) is 0 Å². The van der Waals surface area contributed by atoms with Gasteiger partial charge in [0.25, 0.3) is 5.91 Å². The van der Waals surface area contributed by atoms with Crippen LogP contribution in [0.1, 0.15) is 46.5 Å². The zero-order valence-corrected chi connectivity index (χ0v) is 21.8. The first-order valence-corrected chi connectivity index (χ1v) is 13.1. The number of carbonyl (C=O) groups is 1. The van der Waals surface area contributed by atoms with Gasteiger partial charge in [0.15, 0.2) is 0 Å². The first kappa shape index (κ1) is 24.0. The maximum atomic E-state index is 13.6. The number of rotatable bonds is 3. The summed E-state index contributed by atoms with van der Waals surface area (Å²) in [7, 11) is 3.89. The molecule has 2 aliphatic heterocycles. The van der Waals surface area contributed by atoms with Crippen LogP contribution in [0.4, 0.5) is 5.69 Å². The number of aromatic nitrogens is 1. The largest absolute Gasteiger partial charge is 0.388 e. The Balaban J connectivity index is 1.42. The van der Waals surface area contributed by atoms with Crippen LogP contribution < -0.4 is 5.32 Å². The van der Waals surface area contributed by atoms with Gasteiger partial charge in [-0.1, -0.05) is 39.0 Å². The van der Waals surface area contributed by atoms with Gasteiger partial charge < -0.3 is 25.2 Å². The van der Waals surface area contributed by atoms with Crippen molar-refractivity contribution in [2.75, 3.05) is 19.4 Å². The number of likely N-dealkylation sites (N-methyl/N-ethyl adjacent to an activating group) is 1. The van der Waals surface area contributed by atoms with Gasteiger partial charge in [0.1, 0.15) is 6.10 Å². The molecule has 3 N–H and O–H groups in total. The number of fused-ring (bicyclic) bond motifs is 1. The van der Waals surface area contributed by atoms with Gasteiger partial charge >= 0.3 is 0 Å². The second-order valence-corrected chi connectivity index (χ2v) is 12.4. The summed E-state index contributed by atoms with van der Waals surface area (Å²) >= 11 is 0. The van der Waals surface area contributed by atoms with Gasteiger partial charge in [-0.3, -0.25) is 9.78 Å². The van der Waals surface area contributed by atoms with Crippen molar-refractivity contribution in [3.8, 4) is 0 Å². The molecule has 0 aromatic carbocycles. The third kappa shape index (κ3) is 2.94. The predicted molar refractivity (Wildman–Crippen MR) is 137 cm³/mol. The molecule has 1 unspecified atom stereocenters. The van der Waals surface area contributed by atoms with E-state index in [9.17, 15) is 15.0 Å². The minimum absolute atomic E-state index is 0.0852. The van der Waals surface area contributed by atoms with Crippen molar-refractivity contribution < 1.29 is 19.7 Å². The van der Waals surface area contributed by atoms with Crippen LogP contribution in [0.5, 0.6) is 0 Å². The van der Waals surface area contributed by atoms with E-state index < -0.39 is 28.8 Å². The molecular weight excluding hydrogens is 454 g/mol. The van der Waals surface area contributed by atoms with E-state index in [0.717, 1.165) is 36.0 Å². The SMILES string of the molecule is CN(C)[C@H]1C[C@@]23CC[C@@]4(O2)C(=CC(C)(C)[C@]2(C)C(C(=O)Nc5cccnc5)=CCC42)C=C3[C@@H](O)[C@@H]1O. The van der Waals surface area contributed by atoms with Crippen molar-refractivity contribution in [2.45, 2.75) is 75.9 Å². The fourth-order valence-electron chi connectivity index (χ4n) is 8.06. The standard InChI is InChI=1S/C29H37N3O4/c1-26(2)14-17-13-20-23(33)24(34)21(32(4)5)15-28(20)10-11-29(17,36-28)22-9-8-19(27(22,26)3)25(35)31-18-7-6-12-30-16-18/h6-8,12-14,16,21-24,33-34H,9-11,15H2,1-5H3,(H,31,35)/t21-,22?,23+,24+,27+,28+,29+/m0/s1. The molecule has 0 radical (unpaired) electrons. The van der Waals surface area contributed by atoms with Crippen LogP contribution in [0.15, 0.2) is 59.5 Å². The molecule has 2 fully saturated rings. The van der Waals surface area contributed by atoms with Crippen LogP contribution >= 0.6 is 0 Å². The Morgan fingerprint density at radius 3 is 2.69 bits per heavy atom. The predicted octanol–water partition coefficient (Wildman–Crippen LogP) is 3.22. The van der Waals surface area contributed by atoms with Crippen LogP contribution in [-0.2, 0) is 9.53 Å². The number of hydrogen-bond donors (Lipinski definition) is 3. The molecular formula is C29H37N3O4. The van der Waals surface area contributed by atoms with E-state index in [-0.39, 0.29) is 23.3 Å². The number of carbonyl (C=O) groups excluding carboxylic acids is 1. The third-order valence-electron chi connectivity index (χ3n) is 10.2. The highest BCUT2D eigenvalue weighted by Gasteiger charge is 2.70. The number of aliphatic hydroxyl groups excluding tert-OH is 2. The van der Waals surface area contributed by atoms with E-state index in [2.05, 4.69) is 49.3 Å². The van der Waals surface area contributed by atoms with Crippen LogP contribution in [-0.4, -0.2) is 69.6 Å². The Morgan fingerprint density at radius 2 is 2.00 bits per heavy atom. The molecule has 6 rings (SSSR count). The molecule has 5 aliphatic rings. The molecule has 36 heavy (non-hydrogen) atoms. The van der Waals surface area contributed by atoms with E-state index >= 15 is 0 Å². The van der Waals surface area contributed by atoms with Gasteiger partial charge in [-0.25, -0.2) is 0 Å². The lowest BCUT2D eigenvalue weighted by atomic mass is 9.49. The minimum Gasteiger partial charge on any atom is -0.388 e. The molecule has 3 heterocycles. The van der Waals surface area contributed by atoms with Gasteiger partial charge in [-0.15, -0.1) is 0 Å². The smallest absolute Gasteiger partial charge is 0.251 e. The third-order valence-corrected chi connectivity index (χ3v) is 10.2. The molecule has 7 nitrogen and oxygen atoms in total. The van der Waals surface area contributed by atoms with Crippen molar-refractivity contribution in [3.63, 3.8) is 0 Å². The fourth-order valence-corrected chi connectivity index (χ4v) is 8.06. The first-order chi connectivity index (χ1) is 17.0. The maximum absolute atomic E-state index is 13.6. The fraction of sp³-hybridized carbons (Fsp3) is 0.586. The molecule has 7 heteroatoms. The molecule has 192 valence electrons. The van der Waals surface area contributed by atoms with Gasteiger partial charge in [-0.2, -0.15) is 0 Å². The normalized spacial score (nSPS) is 42.1. The lowest BCUT2D eigenvalue weighted by molar-refractivity contribution is -0.172. The molecule has 1 amide bonds. The lowest BCUT2D eigenvalue weighted by Crippen LogP contribution is -2.63. The lowest BCUT2D eigenvalue weighted by Gasteiger charge is -2.59. The van der Waals surface area contributed by atoms with Crippen molar-refractivity contribution in [1.82, 2.24) is 9.88 Å². The highest BCUT2D eigenvalue weighted by molar-refractivity contribution is 6.05. The molecule has 7 atom stereocenters. The average molecular weight is 492 g/mol. The maximum Gasteiger partial charge on any atom is 0.251 e. The number of hydrogen-bond acceptors (Lipinski definition) is 6. The van der Waals surface area contributed by atoms with Crippen LogP contribution in [0, 0.1) is 16.7 Å². The molecule has 3 aliphatic carbocycles. The van der Waals surface area contributed by atoms with Crippen LogP contribution in [0.25, 0.3) is 0 Å². The van der Waals surface area contributed by atoms with Gasteiger partial charge in [0.05, 0.1) is 29.2 Å². The molecule has 2 bridgehead atoms. The number of anilines is 1. The van der Waals surface area contributed by atoms with Gasteiger partial charge in [-0.05, 0) is 68.5 Å². The van der Waals surface area contributed by atoms with E-state index in [1.165, 1.54) is 0 Å². The van der Waals surface area contributed by atoms with Gasteiger partial charge in [0.2, 0.25) is 0 Å². The molecule has 1 aromatic rings. The molecule has 1 saturated carbocycles. The zero-order chi connectivity index (χ0) is 25.7. The number of ether oxygens (including phenoxy) is 1. The van der Waals surface area contributed by atoms with E-state index in [4.69, 9.17) is 4.74 Å². The molecule has 2 spiro atoms. The number of allylic oxidation sites excluding steroid dienone is 2. The average Bonchev–Trinajstić information content (AvgIpc) is 3.36. The van der Waals surface area contributed by atoms with E-state index in [0.29, 0.717) is 12.1 Å². The number of nitrogens with zero attached hydrogens (tertiary/aromatic N) is 2. The Labute approximate surface area is 212 Å². The monoisotopic (exact) mass is 491 g/mol. The number of pyridine rings is 1. The van der Waals surface area contributed by atoms with Crippen molar-refractivity contribution in [1.29, 1.82) is 0 Å². The summed E-state index contributed by atoms with van der Waals surface area (Å²) in [5, 5.41) is 25.2. The van der Waals surface area contributed by atoms with Crippen molar-refractivity contribution >= 4 is 11.6 Å². The molecule has 1 aromatic heterocycles. The Kier molecular flexibility index (Phi) is 5.08. The number of amides is 1. The summed E-state index contributed by atoms with van der Waals surface area (Å²) in [5.74, 6) is 0.00609. The summed E-state index contributed by atoms with van der Waals surface area (Å²) in [6, 6.07) is 3.48. The summed E-state index contributed by atoms with van der Waals surface area (Å²) in [4.78, 5) is 19.7. The second kappa shape index (κ2) is 7.60. The number of nitrogens with one attached hydrogen (secondary N) is 1. The quantitative estimate of drug-likeness (QED) is 0.601. The Morgan fingerprint density at radius 1 is 1.22 bits per heavy atom. The van der Waals surface area contributed by atoms with Crippen molar-refractivity contribution in [2.24, 2.45) is 16.7 Å².